The predicted octanol–water partition coefficient (Wildman–Crippen LogP) is 1.01. The smallest absolute Gasteiger partial charge is 0.111 e. The lowest BCUT2D eigenvalue weighted by Gasteiger charge is -2.06. The highest BCUT2D eigenvalue weighted by molar-refractivity contribution is 5.05. The third kappa shape index (κ3) is 3.21. The molecule has 0 aromatic rings. The van der Waals surface area contributed by atoms with Crippen LogP contribution in [0.2, 0.25) is 0 Å². The number of rotatable bonds is 5. The number of nitrogens with zero attached hydrogens (tertiary/aromatic N) is 2. The molecule has 0 bridgehead atoms. The van der Waals surface area contributed by atoms with Gasteiger partial charge in [0.2, 0.25) is 0 Å². The maximum Gasteiger partial charge on any atom is 0.111 e. The zero-order valence-electron chi connectivity index (χ0n) is 7.79. The molecular formula is C9H16N2O. The highest BCUT2D eigenvalue weighted by atomic mass is 16.5. The molecular weight excluding hydrogens is 152 g/mol. The monoisotopic (exact) mass is 168 g/mol. The predicted molar refractivity (Wildman–Crippen MR) is 46.7 cm³/mol. The van der Waals surface area contributed by atoms with Crippen molar-refractivity contribution >= 4 is 0 Å². The second-order valence-electron chi connectivity index (χ2n) is 3.41. The Bertz CT molecular complexity index is 174. The molecule has 0 aromatic carbocycles. The highest BCUT2D eigenvalue weighted by Gasteiger charge is 2.32. The van der Waals surface area contributed by atoms with Gasteiger partial charge in [-0.05, 0) is 20.3 Å². The van der Waals surface area contributed by atoms with Crippen molar-refractivity contribution in [1.29, 1.82) is 5.26 Å². The Kier molecular flexibility index (Phi) is 3.51. The fraction of sp³-hybridized carbons (Fsp3) is 0.889. The maximum absolute atomic E-state index is 8.50. The van der Waals surface area contributed by atoms with Crippen molar-refractivity contribution in [2.24, 2.45) is 0 Å². The molecule has 1 saturated heterocycles. The summed E-state index contributed by atoms with van der Waals surface area (Å²) in [6, 6.07) is 2.42. The Balaban J connectivity index is 1.88. The Morgan fingerprint density at radius 2 is 2.42 bits per heavy atom. The van der Waals surface area contributed by atoms with Gasteiger partial charge in [0.05, 0.1) is 12.2 Å². The number of hydrogen-bond donors (Lipinski definition) is 0. The summed E-state index contributed by atoms with van der Waals surface area (Å²) in [6.07, 6.45) is 1.36. The van der Waals surface area contributed by atoms with Gasteiger partial charge in [0.15, 0.2) is 0 Å². The van der Waals surface area contributed by atoms with Crippen molar-refractivity contribution in [3.63, 3.8) is 0 Å². The van der Waals surface area contributed by atoms with E-state index in [0.717, 1.165) is 26.1 Å². The molecule has 2 atom stereocenters. The molecule has 12 heavy (non-hydrogen) atoms. The molecule has 2 unspecified atom stereocenters. The second kappa shape index (κ2) is 4.44. The molecule has 0 aromatic heterocycles. The van der Waals surface area contributed by atoms with Gasteiger partial charge >= 0.3 is 0 Å². The van der Waals surface area contributed by atoms with E-state index in [4.69, 9.17) is 10.00 Å². The fourth-order valence-corrected chi connectivity index (χ4v) is 1.13. The molecule has 0 aliphatic carbocycles. The van der Waals surface area contributed by atoms with Crippen LogP contribution in [0.3, 0.4) is 0 Å². The molecule has 1 aliphatic rings. The third-order valence-corrected chi connectivity index (χ3v) is 1.90. The van der Waals surface area contributed by atoms with Gasteiger partial charge in [-0.3, -0.25) is 4.90 Å². The van der Waals surface area contributed by atoms with Crippen molar-refractivity contribution < 1.29 is 4.74 Å². The van der Waals surface area contributed by atoms with Crippen molar-refractivity contribution in [2.75, 3.05) is 19.7 Å². The summed E-state index contributed by atoms with van der Waals surface area (Å²) < 4.78 is 5.38. The van der Waals surface area contributed by atoms with E-state index in [1.54, 1.807) is 0 Å². The molecule has 1 rings (SSSR count). The zero-order chi connectivity index (χ0) is 8.97. The average molecular weight is 168 g/mol. The third-order valence-electron chi connectivity index (χ3n) is 1.90. The molecule has 0 N–H and O–H groups in total. The van der Waals surface area contributed by atoms with Crippen LogP contribution in [0.5, 0.6) is 0 Å². The minimum absolute atomic E-state index is 0.198. The molecule has 1 aliphatic heterocycles. The van der Waals surface area contributed by atoms with Crippen LogP contribution in [-0.2, 0) is 4.74 Å². The van der Waals surface area contributed by atoms with E-state index >= 15 is 0 Å². The molecule has 0 spiro atoms. The first-order chi connectivity index (χ1) is 5.74. The summed E-state index contributed by atoms with van der Waals surface area (Å²) in [5, 5.41) is 8.50. The average Bonchev–Trinajstić information content (AvgIpc) is 2.76. The zero-order valence-corrected chi connectivity index (χ0v) is 7.79. The van der Waals surface area contributed by atoms with Crippen molar-refractivity contribution in [3.8, 4) is 6.07 Å². The minimum atomic E-state index is 0.198. The van der Waals surface area contributed by atoms with Crippen LogP contribution < -0.4 is 0 Å². The van der Waals surface area contributed by atoms with E-state index in [1.807, 2.05) is 13.8 Å². The Labute approximate surface area is 73.9 Å². The lowest BCUT2D eigenvalue weighted by molar-refractivity contribution is 0.0750. The number of hydrogen-bond acceptors (Lipinski definition) is 3. The van der Waals surface area contributed by atoms with Gasteiger partial charge in [-0.25, -0.2) is 0 Å². The first-order valence-corrected chi connectivity index (χ1v) is 4.49. The lowest BCUT2D eigenvalue weighted by Crippen LogP contribution is -2.09. The number of nitriles is 1. The summed E-state index contributed by atoms with van der Waals surface area (Å²) in [6.45, 7) is 6.85. The summed E-state index contributed by atoms with van der Waals surface area (Å²) in [4.78, 5) is 2.16. The summed E-state index contributed by atoms with van der Waals surface area (Å²) in [5.41, 5.74) is 0. The van der Waals surface area contributed by atoms with E-state index in [-0.39, 0.29) is 6.04 Å². The molecule has 3 heteroatoms. The minimum Gasteiger partial charge on any atom is -0.379 e. The largest absolute Gasteiger partial charge is 0.379 e. The maximum atomic E-state index is 8.50. The molecule has 1 heterocycles. The first kappa shape index (κ1) is 9.50. The molecule has 0 radical (unpaired) electrons. The molecule has 68 valence electrons. The quantitative estimate of drug-likeness (QED) is 0.454. The Morgan fingerprint density at radius 3 is 2.92 bits per heavy atom. The van der Waals surface area contributed by atoms with Gasteiger partial charge in [0, 0.05) is 19.7 Å². The van der Waals surface area contributed by atoms with Crippen molar-refractivity contribution in [2.45, 2.75) is 32.4 Å². The van der Waals surface area contributed by atoms with Crippen LogP contribution in [-0.4, -0.2) is 36.7 Å². The van der Waals surface area contributed by atoms with E-state index in [2.05, 4.69) is 11.0 Å². The van der Waals surface area contributed by atoms with Crippen molar-refractivity contribution in [3.05, 3.63) is 0 Å². The van der Waals surface area contributed by atoms with E-state index < -0.39 is 0 Å². The molecule has 1 fully saturated rings. The van der Waals surface area contributed by atoms with Crippen LogP contribution >= 0.6 is 0 Å². The SMILES string of the molecule is CC(C)OCCCN1CC1C#N. The standard InChI is InChI=1S/C9H16N2O/c1-8(2)12-5-3-4-11-7-9(11)6-10/h8-9H,3-5,7H2,1-2H3. The van der Waals surface area contributed by atoms with Gasteiger partial charge in [-0.2, -0.15) is 5.26 Å². The van der Waals surface area contributed by atoms with Crippen LogP contribution in [0, 0.1) is 11.3 Å². The van der Waals surface area contributed by atoms with E-state index in [0.29, 0.717) is 6.10 Å². The molecule has 0 amide bonds. The van der Waals surface area contributed by atoms with Gasteiger partial charge in [-0.15, -0.1) is 0 Å². The van der Waals surface area contributed by atoms with Gasteiger partial charge in [0.1, 0.15) is 6.04 Å². The Hall–Kier alpha value is -0.590. The van der Waals surface area contributed by atoms with Crippen LogP contribution in [0.4, 0.5) is 0 Å². The highest BCUT2D eigenvalue weighted by Crippen LogP contribution is 2.15. The van der Waals surface area contributed by atoms with Crippen LogP contribution in [0.1, 0.15) is 20.3 Å². The van der Waals surface area contributed by atoms with Crippen molar-refractivity contribution in [1.82, 2.24) is 4.90 Å². The molecule has 0 saturated carbocycles. The van der Waals surface area contributed by atoms with Gasteiger partial charge in [0.25, 0.3) is 0 Å². The van der Waals surface area contributed by atoms with Crippen LogP contribution in [0.15, 0.2) is 0 Å². The topological polar surface area (TPSA) is 36.0 Å². The molecule has 3 nitrogen and oxygen atoms in total. The normalized spacial score (nSPS) is 27.2. The van der Waals surface area contributed by atoms with E-state index in [9.17, 15) is 0 Å². The number of ether oxygens (including phenoxy) is 1. The lowest BCUT2D eigenvalue weighted by atomic mass is 10.4. The summed E-state index contributed by atoms with van der Waals surface area (Å²) in [5.74, 6) is 0. The summed E-state index contributed by atoms with van der Waals surface area (Å²) >= 11 is 0. The van der Waals surface area contributed by atoms with Crippen LogP contribution in [0.25, 0.3) is 0 Å². The van der Waals surface area contributed by atoms with Gasteiger partial charge < -0.3 is 4.74 Å². The summed E-state index contributed by atoms with van der Waals surface area (Å²) in [7, 11) is 0. The van der Waals surface area contributed by atoms with Gasteiger partial charge in [-0.1, -0.05) is 0 Å². The second-order valence-corrected chi connectivity index (χ2v) is 3.41. The fourth-order valence-electron chi connectivity index (χ4n) is 1.13. The van der Waals surface area contributed by atoms with E-state index in [1.165, 1.54) is 0 Å². The Morgan fingerprint density at radius 1 is 1.67 bits per heavy atom. The first-order valence-electron chi connectivity index (χ1n) is 4.49.